The van der Waals surface area contributed by atoms with Crippen LogP contribution in [-0.4, -0.2) is 59.5 Å². The summed E-state index contributed by atoms with van der Waals surface area (Å²) in [6.07, 6.45) is 0.623. The second-order valence-electron chi connectivity index (χ2n) is 6.15. The van der Waals surface area contributed by atoms with E-state index >= 15 is 0 Å². The fourth-order valence-electron chi connectivity index (χ4n) is 2.28. The summed E-state index contributed by atoms with van der Waals surface area (Å²) < 4.78 is 5.36. The number of likely N-dealkylation sites (tertiary alicyclic amines) is 1. The minimum Gasteiger partial charge on any atom is -0.444 e. The molecule has 1 heterocycles. The highest BCUT2D eigenvalue weighted by Crippen LogP contribution is 2.20. The number of alkyl halides is 1. The Hall–Kier alpha value is -0.970. The van der Waals surface area contributed by atoms with E-state index in [1.54, 1.807) is 9.80 Å². The van der Waals surface area contributed by atoms with Gasteiger partial charge in [-0.2, -0.15) is 0 Å². The molecule has 116 valence electrons. The van der Waals surface area contributed by atoms with Crippen molar-refractivity contribution in [2.24, 2.45) is 5.92 Å². The van der Waals surface area contributed by atoms with Gasteiger partial charge in [-0.3, -0.25) is 4.79 Å². The number of hydrogen-bond donors (Lipinski definition) is 0. The molecule has 1 aliphatic rings. The smallest absolute Gasteiger partial charge is 0.410 e. The summed E-state index contributed by atoms with van der Waals surface area (Å²) in [5, 5.41) is 0. The van der Waals surface area contributed by atoms with Gasteiger partial charge in [-0.15, -0.1) is 11.6 Å². The summed E-state index contributed by atoms with van der Waals surface area (Å²) >= 11 is 5.59. The first-order valence-corrected chi connectivity index (χ1v) is 7.62. The molecular formula is C14H25ClN2O3. The molecule has 0 bridgehead atoms. The van der Waals surface area contributed by atoms with Gasteiger partial charge in [-0.05, 0) is 40.0 Å². The molecule has 1 atom stereocenters. The lowest BCUT2D eigenvalue weighted by atomic mass is 10.1. The molecule has 20 heavy (non-hydrogen) atoms. The quantitative estimate of drug-likeness (QED) is 0.749. The molecule has 0 aliphatic carbocycles. The maximum atomic E-state index is 12.0. The average Bonchev–Trinajstić information content (AvgIpc) is 2.81. The average molecular weight is 305 g/mol. The zero-order valence-electron chi connectivity index (χ0n) is 12.8. The Morgan fingerprint density at radius 2 is 2.05 bits per heavy atom. The van der Waals surface area contributed by atoms with E-state index < -0.39 is 5.60 Å². The maximum absolute atomic E-state index is 12.0. The molecule has 0 aromatic carbocycles. The zero-order chi connectivity index (χ0) is 15.3. The normalized spacial score (nSPS) is 19.1. The molecule has 1 fully saturated rings. The molecule has 0 N–H and O–H groups in total. The van der Waals surface area contributed by atoms with Crippen LogP contribution in [0.4, 0.5) is 4.79 Å². The van der Waals surface area contributed by atoms with E-state index in [-0.39, 0.29) is 17.9 Å². The second kappa shape index (κ2) is 7.16. The van der Waals surface area contributed by atoms with Crippen LogP contribution in [-0.2, 0) is 9.53 Å². The third kappa shape index (κ3) is 5.19. The Bertz CT molecular complexity index is 355. The van der Waals surface area contributed by atoms with E-state index in [4.69, 9.17) is 16.3 Å². The van der Waals surface area contributed by atoms with E-state index in [9.17, 15) is 9.59 Å². The van der Waals surface area contributed by atoms with Gasteiger partial charge in [-0.1, -0.05) is 0 Å². The Morgan fingerprint density at radius 1 is 1.40 bits per heavy atom. The molecule has 1 aliphatic heterocycles. The Balaban J connectivity index is 2.47. The maximum Gasteiger partial charge on any atom is 0.410 e. The van der Waals surface area contributed by atoms with Crippen molar-refractivity contribution in [3.63, 3.8) is 0 Å². The molecule has 6 heteroatoms. The Kier molecular flexibility index (Phi) is 6.11. The highest BCUT2D eigenvalue weighted by molar-refractivity contribution is 6.27. The first-order valence-electron chi connectivity index (χ1n) is 7.08. The van der Waals surface area contributed by atoms with E-state index in [0.29, 0.717) is 32.1 Å². The second-order valence-corrected chi connectivity index (χ2v) is 6.41. The lowest BCUT2D eigenvalue weighted by molar-refractivity contribution is -0.128. The van der Waals surface area contributed by atoms with Gasteiger partial charge in [0.25, 0.3) is 0 Å². The van der Waals surface area contributed by atoms with Crippen LogP contribution in [0.15, 0.2) is 0 Å². The summed E-state index contributed by atoms with van der Waals surface area (Å²) in [7, 11) is 0. The third-order valence-corrected chi connectivity index (χ3v) is 3.49. The van der Waals surface area contributed by atoms with Gasteiger partial charge >= 0.3 is 6.09 Å². The molecule has 0 unspecified atom stereocenters. The molecule has 0 aromatic heterocycles. The van der Waals surface area contributed by atoms with E-state index in [1.807, 2.05) is 27.7 Å². The van der Waals surface area contributed by atoms with Crippen molar-refractivity contribution in [2.45, 2.75) is 39.7 Å². The monoisotopic (exact) mass is 304 g/mol. The summed E-state index contributed by atoms with van der Waals surface area (Å²) in [4.78, 5) is 27.0. The van der Waals surface area contributed by atoms with Crippen LogP contribution in [0.3, 0.4) is 0 Å². The number of amides is 2. The molecule has 1 saturated heterocycles. The van der Waals surface area contributed by atoms with Crippen molar-refractivity contribution in [2.75, 3.05) is 32.1 Å². The van der Waals surface area contributed by atoms with Crippen molar-refractivity contribution in [3.05, 3.63) is 0 Å². The number of nitrogens with zero attached hydrogens (tertiary/aromatic N) is 2. The molecular weight excluding hydrogens is 280 g/mol. The van der Waals surface area contributed by atoms with Gasteiger partial charge in [0.15, 0.2) is 0 Å². The van der Waals surface area contributed by atoms with Crippen LogP contribution in [0.1, 0.15) is 34.1 Å². The number of carbonyl (C=O) groups excluding carboxylic acids is 2. The van der Waals surface area contributed by atoms with E-state index in [1.165, 1.54) is 0 Å². The van der Waals surface area contributed by atoms with Crippen molar-refractivity contribution in [1.29, 1.82) is 0 Å². The van der Waals surface area contributed by atoms with Crippen LogP contribution >= 0.6 is 11.6 Å². The molecule has 5 nitrogen and oxygen atoms in total. The van der Waals surface area contributed by atoms with Crippen LogP contribution in [0, 0.1) is 5.92 Å². The highest BCUT2D eigenvalue weighted by Gasteiger charge is 2.31. The Labute approximate surface area is 126 Å². The fraction of sp³-hybridized carbons (Fsp3) is 0.857. The fourth-order valence-corrected chi connectivity index (χ4v) is 2.45. The van der Waals surface area contributed by atoms with Gasteiger partial charge in [0.2, 0.25) is 5.91 Å². The summed E-state index contributed by atoms with van der Waals surface area (Å²) in [5.74, 6) is 0.260. The first-order chi connectivity index (χ1) is 9.26. The zero-order valence-corrected chi connectivity index (χ0v) is 13.6. The van der Waals surface area contributed by atoms with Crippen LogP contribution in [0.2, 0.25) is 0 Å². The van der Waals surface area contributed by atoms with Crippen molar-refractivity contribution >= 4 is 23.6 Å². The highest BCUT2D eigenvalue weighted by atomic mass is 35.5. The number of hydrogen-bond acceptors (Lipinski definition) is 3. The number of ether oxygens (including phenoxy) is 1. The molecule has 0 radical (unpaired) electrons. The van der Waals surface area contributed by atoms with Gasteiger partial charge < -0.3 is 14.5 Å². The molecule has 0 spiro atoms. The standard InChI is InChI=1S/C14H25ClN2O3/c1-5-16(12(18)8-15)9-11-6-7-17(10-11)13(19)20-14(2,3)4/h11H,5-10H2,1-4H3/t11-/m1/s1. The predicted octanol–water partition coefficient (Wildman–Crippen LogP) is 2.33. The first kappa shape index (κ1) is 17.1. The number of halogens is 1. The van der Waals surface area contributed by atoms with Gasteiger partial charge in [-0.25, -0.2) is 4.79 Å². The largest absolute Gasteiger partial charge is 0.444 e. The lowest BCUT2D eigenvalue weighted by Gasteiger charge is -2.26. The van der Waals surface area contributed by atoms with Gasteiger partial charge in [0, 0.05) is 26.2 Å². The van der Waals surface area contributed by atoms with Crippen LogP contribution < -0.4 is 0 Å². The molecule has 2 amide bonds. The number of carbonyl (C=O) groups is 2. The van der Waals surface area contributed by atoms with Gasteiger partial charge in [0.05, 0.1) is 0 Å². The van der Waals surface area contributed by atoms with Gasteiger partial charge in [0.1, 0.15) is 11.5 Å². The summed E-state index contributed by atoms with van der Waals surface area (Å²) in [6.45, 7) is 10.1. The van der Waals surface area contributed by atoms with Crippen molar-refractivity contribution in [1.82, 2.24) is 9.80 Å². The molecule has 0 saturated carbocycles. The van der Waals surface area contributed by atoms with Crippen molar-refractivity contribution in [3.8, 4) is 0 Å². The summed E-state index contributed by atoms with van der Waals surface area (Å²) in [6, 6.07) is 0. The third-order valence-electron chi connectivity index (χ3n) is 3.26. The predicted molar refractivity (Wildman–Crippen MR) is 78.9 cm³/mol. The molecule has 1 rings (SSSR count). The van der Waals surface area contributed by atoms with E-state index in [0.717, 1.165) is 6.42 Å². The van der Waals surface area contributed by atoms with Crippen LogP contribution in [0.5, 0.6) is 0 Å². The van der Waals surface area contributed by atoms with Crippen molar-refractivity contribution < 1.29 is 14.3 Å². The minimum absolute atomic E-state index is 0.0103. The topological polar surface area (TPSA) is 49.9 Å². The lowest BCUT2D eigenvalue weighted by Crippen LogP contribution is -2.38. The van der Waals surface area contributed by atoms with E-state index in [2.05, 4.69) is 0 Å². The molecule has 0 aromatic rings. The minimum atomic E-state index is -0.473. The van der Waals surface area contributed by atoms with Crippen LogP contribution in [0.25, 0.3) is 0 Å². The SMILES string of the molecule is CCN(C[C@H]1CCN(C(=O)OC(C)(C)C)C1)C(=O)CCl. The Morgan fingerprint density at radius 3 is 2.55 bits per heavy atom. The summed E-state index contributed by atoms with van der Waals surface area (Å²) in [5.41, 5.74) is -0.473. The number of rotatable bonds is 4.